The van der Waals surface area contributed by atoms with Gasteiger partial charge in [-0.05, 0) is 38.0 Å². The summed E-state index contributed by atoms with van der Waals surface area (Å²) in [7, 11) is 0. The Kier molecular flexibility index (Phi) is 4.46. The molecule has 3 rings (SSSR count). The fraction of sp³-hybridized carbons (Fsp3) is 0.412. The molecule has 2 aromatic rings. The zero-order valence-electron chi connectivity index (χ0n) is 12.3. The molecule has 0 unspecified atom stereocenters. The van der Waals surface area contributed by atoms with Gasteiger partial charge in [-0.3, -0.25) is 0 Å². The van der Waals surface area contributed by atoms with Crippen LogP contribution in [0.3, 0.4) is 0 Å². The van der Waals surface area contributed by atoms with Crippen LogP contribution in [-0.4, -0.2) is 12.6 Å². The molecule has 0 amide bonds. The van der Waals surface area contributed by atoms with Crippen molar-refractivity contribution >= 4 is 0 Å². The minimum atomic E-state index is 0.415. The minimum absolute atomic E-state index is 0.415. The van der Waals surface area contributed by atoms with E-state index in [9.17, 15) is 0 Å². The second-order valence-corrected chi connectivity index (χ2v) is 5.19. The van der Waals surface area contributed by atoms with Gasteiger partial charge in [-0.15, -0.1) is 0 Å². The van der Waals surface area contributed by atoms with Gasteiger partial charge in [0, 0.05) is 18.2 Å². The fourth-order valence-corrected chi connectivity index (χ4v) is 2.18. The summed E-state index contributed by atoms with van der Waals surface area (Å²) in [5.74, 6) is 2.38. The van der Waals surface area contributed by atoms with Gasteiger partial charge >= 0.3 is 0 Å². The Morgan fingerprint density at radius 1 is 1.14 bits per heavy atom. The van der Waals surface area contributed by atoms with Crippen LogP contribution in [0.1, 0.15) is 31.1 Å². The fourth-order valence-electron chi connectivity index (χ4n) is 2.18. The van der Waals surface area contributed by atoms with Crippen molar-refractivity contribution in [2.24, 2.45) is 0 Å². The molecule has 0 saturated heterocycles. The first kappa shape index (κ1) is 14.0. The van der Waals surface area contributed by atoms with Crippen LogP contribution < -0.4 is 14.8 Å². The van der Waals surface area contributed by atoms with Crippen molar-refractivity contribution in [3.8, 4) is 11.5 Å². The maximum Gasteiger partial charge on any atom is 0.161 e. The first-order chi connectivity index (χ1) is 10.4. The van der Waals surface area contributed by atoms with Gasteiger partial charge < -0.3 is 19.2 Å². The Labute approximate surface area is 125 Å². The van der Waals surface area contributed by atoms with Crippen LogP contribution in [0, 0.1) is 0 Å². The van der Waals surface area contributed by atoms with Crippen molar-refractivity contribution in [3.05, 3.63) is 47.9 Å². The summed E-state index contributed by atoms with van der Waals surface area (Å²) in [6.07, 6.45) is 4.29. The van der Waals surface area contributed by atoms with Crippen LogP contribution in [0.15, 0.2) is 41.0 Å². The first-order valence-electron chi connectivity index (χ1n) is 7.50. The smallest absolute Gasteiger partial charge is 0.161 e. The Hall–Kier alpha value is -1.94. The zero-order chi connectivity index (χ0) is 14.5. The van der Waals surface area contributed by atoms with E-state index in [4.69, 9.17) is 13.9 Å². The third-order valence-electron chi connectivity index (χ3n) is 3.50. The standard InChI is InChI=1S/C17H21NO3/c1-2-19-15-5-3-4-6-16(15)21-12-17-13(9-10-20-17)11-18-14-7-8-14/h3-6,9-10,14,18H,2,7-8,11-12H2,1H3. The van der Waals surface area contributed by atoms with Crippen LogP contribution in [-0.2, 0) is 13.2 Å². The number of hydrogen-bond acceptors (Lipinski definition) is 4. The third kappa shape index (κ3) is 3.79. The molecule has 4 nitrogen and oxygen atoms in total. The summed E-state index contributed by atoms with van der Waals surface area (Å²) < 4.78 is 16.9. The number of furan rings is 1. The Balaban J connectivity index is 1.60. The van der Waals surface area contributed by atoms with Crippen molar-refractivity contribution in [3.63, 3.8) is 0 Å². The van der Waals surface area contributed by atoms with Gasteiger partial charge in [-0.2, -0.15) is 0 Å². The third-order valence-corrected chi connectivity index (χ3v) is 3.50. The van der Waals surface area contributed by atoms with Crippen LogP contribution in [0.2, 0.25) is 0 Å². The van der Waals surface area contributed by atoms with Crippen LogP contribution >= 0.6 is 0 Å². The van der Waals surface area contributed by atoms with Gasteiger partial charge in [0.25, 0.3) is 0 Å². The monoisotopic (exact) mass is 287 g/mol. The summed E-state index contributed by atoms with van der Waals surface area (Å²) in [4.78, 5) is 0. The predicted octanol–water partition coefficient (Wildman–Crippen LogP) is 3.51. The molecule has 112 valence electrons. The Morgan fingerprint density at radius 2 is 1.90 bits per heavy atom. The molecule has 1 aliphatic carbocycles. The molecule has 1 aromatic heterocycles. The highest BCUT2D eigenvalue weighted by molar-refractivity contribution is 5.39. The van der Waals surface area contributed by atoms with E-state index in [0.29, 0.717) is 19.3 Å². The number of benzene rings is 1. The highest BCUT2D eigenvalue weighted by atomic mass is 16.5. The maximum atomic E-state index is 5.85. The summed E-state index contributed by atoms with van der Waals surface area (Å²) in [5, 5.41) is 3.49. The van der Waals surface area contributed by atoms with Gasteiger partial charge in [0.1, 0.15) is 12.4 Å². The molecule has 0 atom stereocenters. The van der Waals surface area contributed by atoms with Gasteiger partial charge in [0.05, 0.1) is 12.9 Å². The molecular formula is C17H21NO3. The van der Waals surface area contributed by atoms with Crippen molar-refractivity contribution in [2.75, 3.05) is 6.61 Å². The van der Waals surface area contributed by atoms with Gasteiger partial charge in [0.15, 0.2) is 11.5 Å². The molecule has 1 fully saturated rings. The van der Waals surface area contributed by atoms with Crippen molar-refractivity contribution in [2.45, 2.75) is 39.0 Å². The van der Waals surface area contributed by atoms with Crippen LogP contribution in [0.4, 0.5) is 0 Å². The number of hydrogen-bond donors (Lipinski definition) is 1. The number of rotatable bonds is 8. The SMILES string of the molecule is CCOc1ccccc1OCc1occc1CNC1CC1. The second-order valence-electron chi connectivity index (χ2n) is 5.19. The molecule has 1 saturated carbocycles. The van der Waals surface area contributed by atoms with Crippen molar-refractivity contribution in [1.82, 2.24) is 5.32 Å². The van der Waals surface area contributed by atoms with E-state index in [1.165, 1.54) is 12.8 Å². The lowest BCUT2D eigenvalue weighted by atomic mass is 10.2. The zero-order valence-corrected chi connectivity index (χ0v) is 12.3. The van der Waals surface area contributed by atoms with Crippen molar-refractivity contribution in [1.29, 1.82) is 0 Å². The molecule has 1 heterocycles. The molecule has 0 spiro atoms. The minimum Gasteiger partial charge on any atom is -0.490 e. The summed E-state index contributed by atoms with van der Waals surface area (Å²) >= 11 is 0. The number of ether oxygens (including phenoxy) is 2. The highest BCUT2D eigenvalue weighted by Gasteiger charge is 2.21. The maximum absolute atomic E-state index is 5.85. The molecule has 1 N–H and O–H groups in total. The van der Waals surface area contributed by atoms with E-state index in [0.717, 1.165) is 29.4 Å². The van der Waals surface area contributed by atoms with E-state index in [1.807, 2.05) is 37.3 Å². The molecule has 0 aliphatic heterocycles. The molecule has 4 heteroatoms. The predicted molar refractivity (Wildman–Crippen MR) is 80.5 cm³/mol. The van der Waals surface area contributed by atoms with E-state index in [-0.39, 0.29) is 0 Å². The lowest BCUT2D eigenvalue weighted by Crippen LogP contribution is -2.16. The average molecular weight is 287 g/mol. The number of para-hydroxylation sites is 2. The van der Waals surface area contributed by atoms with Crippen molar-refractivity contribution < 1.29 is 13.9 Å². The lowest BCUT2D eigenvalue weighted by Gasteiger charge is -2.11. The average Bonchev–Trinajstić information content (AvgIpc) is 3.23. The first-order valence-corrected chi connectivity index (χ1v) is 7.50. The largest absolute Gasteiger partial charge is 0.490 e. The molecule has 1 aromatic carbocycles. The molecule has 0 bridgehead atoms. The van der Waals surface area contributed by atoms with Crippen LogP contribution in [0.25, 0.3) is 0 Å². The highest BCUT2D eigenvalue weighted by Crippen LogP contribution is 2.28. The van der Waals surface area contributed by atoms with Crippen LogP contribution in [0.5, 0.6) is 11.5 Å². The molecular weight excluding hydrogens is 266 g/mol. The van der Waals surface area contributed by atoms with E-state index in [2.05, 4.69) is 5.32 Å². The van der Waals surface area contributed by atoms with Gasteiger partial charge in [-0.25, -0.2) is 0 Å². The van der Waals surface area contributed by atoms with Gasteiger partial charge in [0.2, 0.25) is 0 Å². The normalized spacial score (nSPS) is 14.1. The summed E-state index contributed by atoms with van der Waals surface area (Å²) in [6, 6.07) is 10.4. The van der Waals surface area contributed by atoms with E-state index < -0.39 is 0 Å². The quantitative estimate of drug-likeness (QED) is 0.807. The van der Waals surface area contributed by atoms with E-state index in [1.54, 1.807) is 6.26 Å². The van der Waals surface area contributed by atoms with Gasteiger partial charge in [-0.1, -0.05) is 12.1 Å². The Bertz CT molecular complexity index is 575. The van der Waals surface area contributed by atoms with E-state index >= 15 is 0 Å². The number of nitrogens with one attached hydrogen (secondary N) is 1. The molecule has 0 radical (unpaired) electrons. The molecule has 1 aliphatic rings. The topological polar surface area (TPSA) is 43.6 Å². The lowest BCUT2D eigenvalue weighted by molar-refractivity contribution is 0.246. The second kappa shape index (κ2) is 6.68. The molecule has 21 heavy (non-hydrogen) atoms. The Morgan fingerprint density at radius 3 is 2.62 bits per heavy atom. The summed E-state index contributed by atoms with van der Waals surface area (Å²) in [6.45, 7) is 3.84. The summed E-state index contributed by atoms with van der Waals surface area (Å²) in [5.41, 5.74) is 1.16.